The highest BCUT2D eigenvalue weighted by atomic mass is 35.5. The van der Waals surface area contributed by atoms with Gasteiger partial charge < -0.3 is 10.1 Å². The molecule has 1 unspecified atom stereocenters. The van der Waals surface area contributed by atoms with Crippen LogP contribution in [0.4, 0.5) is 0 Å². The number of hydrogen-bond donors (Lipinski definition) is 1. The van der Waals surface area contributed by atoms with Crippen LogP contribution in [-0.4, -0.2) is 26.3 Å². The zero-order chi connectivity index (χ0) is 12.4. The Hall–Kier alpha value is -0.570. The topological polar surface area (TPSA) is 21.3 Å². The summed E-state index contributed by atoms with van der Waals surface area (Å²) in [4.78, 5) is 0. The van der Waals surface area contributed by atoms with Gasteiger partial charge in [-0.3, -0.25) is 0 Å². The number of nitrogens with one attached hydrogen (secondary N) is 1. The zero-order valence-corrected chi connectivity index (χ0v) is 11.4. The van der Waals surface area contributed by atoms with Crippen molar-refractivity contribution < 1.29 is 4.74 Å². The van der Waals surface area contributed by atoms with Crippen LogP contribution in [0, 0.1) is 5.92 Å². The van der Waals surface area contributed by atoms with Gasteiger partial charge in [0.1, 0.15) is 0 Å². The number of benzene rings is 1. The molecule has 2 saturated heterocycles. The Bertz CT molecular complexity index is 393. The molecule has 1 aromatic carbocycles. The molecule has 0 spiro atoms. The van der Waals surface area contributed by atoms with E-state index in [4.69, 9.17) is 16.3 Å². The third-order valence-corrected chi connectivity index (χ3v) is 4.54. The van der Waals surface area contributed by atoms with Crippen LogP contribution in [0.15, 0.2) is 24.3 Å². The molecule has 0 radical (unpaired) electrons. The van der Waals surface area contributed by atoms with Gasteiger partial charge in [0, 0.05) is 10.4 Å². The third-order valence-electron chi connectivity index (χ3n) is 4.29. The van der Waals surface area contributed by atoms with Crippen molar-refractivity contribution in [3.05, 3.63) is 34.9 Å². The van der Waals surface area contributed by atoms with Gasteiger partial charge in [-0.25, -0.2) is 0 Å². The van der Waals surface area contributed by atoms with Gasteiger partial charge in [-0.05, 0) is 56.0 Å². The van der Waals surface area contributed by atoms with Gasteiger partial charge in [0.2, 0.25) is 0 Å². The van der Waals surface area contributed by atoms with Crippen LogP contribution >= 0.6 is 11.6 Å². The molecule has 0 aromatic heterocycles. The first kappa shape index (κ1) is 12.5. The molecule has 3 rings (SSSR count). The molecule has 1 N–H and O–H groups in total. The minimum absolute atomic E-state index is 0.244. The maximum absolute atomic E-state index is 5.97. The van der Waals surface area contributed by atoms with Gasteiger partial charge >= 0.3 is 0 Å². The van der Waals surface area contributed by atoms with Crippen LogP contribution in [0.3, 0.4) is 0 Å². The lowest BCUT2D eigenvalue weighted by Crippen LogP contribution is -2.49. The standard InChI is InChI=1S/C15H20ClNO/c16-14-5-3-13(4-6-14)15(10-18-11-15)8-12-2-1-7-17-9-12/h3-6,12,17H,1-2,7-11H2. The van der Waals surface area contributed by atoms with E-state index in [1.807, 2.05) is 12.1 Å². The van der Waals surface area contributed by atoms with E-state index < -0.39 is 0 Å². The van der Waals surface area contributed by atoms with Gasteiger partial charge in [0.15, 0.2) is 0 Å². The second-order valence-electron chi connectivity index (χ2n) is 5.70. The number of hydrogen-bond acceptors (Lipinski definition) is 2. The lowest BCUT2D eigenvalue weighted by Gasteiger charge is -2.45. The summed E-state index contributed by atoms with van der Waals surface area (Å²) in [7, 11) is 0. The highest BCUT2D eigenvalue weighted by Gasteiger charge is 2.42. The second-order valence-corrected chi connectivity index (χ2v) is 6.13. The molecule has 18 heavy (non-hydrogen) atoms. The van der Waals surface area contributed by atoms with Crippen LogP contribution in [0.5, 0.6) is 0 Å². The monoisotopic (exact) mass is 265 g/mol. The summed E-state index contributed by atoms with van der Waals surface area (Å²) in [6.45, 7) is 4.08. The summed E-state index contributed by atoms with van der Waals surface area (Å²) < 4.78 is 5.51. The Morgan fingerprint density at radius 2 is 2.06 bits per heavy atom. The molecule has 2 fully saturated rings. The Morgan fingerprint density at radius 1 is 1.28 bits per heavy atom. The van der Waals surface area contributed by atoms with E-state index >= 15 is 0 Å². The minimum atomic E-state index is 0.244. The maximum Gasteiger partial charge on any atom is 0.0585 e. The number of rotatable bonds is 3. The van der Waals surface area contributed by atoms with Crippen LogP contribution in [0.2, 0.25) is 5.02 Å². The molecule has 0 aliphatic carbocycles. The summed E-state index contributed by atoms with van der Waals surface area (Å²) in [5.41, 5.74) is 1.64. The highest BCUT2D eigenvalue weighted by molar-refractivity contribution is 6.30. The molecule has 98 valence electrons. The first-order chi connectivity index (χ1) is 8.78. The van der Waals surface area contributed by atoms with Crippen molar-refractivity contribution in [3.8, 4) is 0 Å². The fourth-order valence-corrected chi connectivity index (χ4v) is 3.33. The molecule has 2 aliphatic heterocycles. The van der Waals surface area contributed by atoms with Crippen molar-refractivity contribution in [2.45, 2.75) is 24.7 Å². The lowest BCUT2D eigenvalue weighted by molar-refractivity contribution is -0.0726. The third kappa shape index (κ3) is 2.42. The van der Waals surface area contributed by atoms with E-state index in [-0.39, 0.29) is 5.41 Å². The van der Waals surface area contributed by atoms with Crippen LogP contribution in [-0.2, 0) is 10.2 Å². The maximum atomic E-state index is 5.97. The first-order valence-electron chi connectivity index (χ1n) is 6.83. The number of piperidine rings is 1. The fraction of sp³-hybridized carbons (Fsp3) is 0.600. The first-order valence-corrected chi connectivity index (χ1v) is 7.21. The van der Waals surface area contributed by atoms with Crippen LogP contribution in [0.1, 0.15) is 24.8 Å². The summed E-state index contributed by atoms with van der Waals surface area (Å²) in [6, 6.07) is 8.33. The Labute approximate surface area is 114 Å². The fourth-order valence-electron chi connectivity index (χ4n) is 3.21. The molecule has 1 aromatic rings. The van der Waals surface area contributed by atoms with Crippen molar-refractivity contribution in [3.63, 3.8) is 0 Å². The average Bonchev–Trinajstić information content (AvgIpc) is 2.36. The number of ether oxygens (including phenoxy) is 1. The van der Waals surface area contributed by atoms with Crippen LogP contribution in [0.25, 0.3) is 0 Å². The van der Waals surface area contributed by atoms with Crippen molar-refractivity contribution in [2.24, 2.45) is 5.92 Å². The van der Waals surface area contributed by atoms with E-state index in [0.717, 1.165) is 30.7 Å². The summed E-state index contributed by atoms with van der Waals surface area (Å²) >= 11 is 5.97. The highest BCUT2D eigenvalue weighted by Crippen LogP contribution is 2.40. The summed E-state index contributed by atoms with van der Waals surface area (Å²) in [6.07, 6.45) is 3.90. The molecule has 1 atom stereocenters. The van der Waals surface area contributed by atoms with E-state index in [1.165, 1.54) is 31.4 Å². The Balaban J connectivity index is 1.74. The van der Waals surface area contributed by atoms with Gasteiger partial charge in [-0.15, -0.1) is 0 Å². The second kappa shape index (κ2) is 5.20. The molecule has 3 heteroatoms. The van der Waals surface area contributed by atoms with Crippen molar-refractivity contribution in [2.75, 3.05) is 26.3 Å². The predicted molar refractivity (Wildman–Crippen MR) is 74.2 cm³/mol. The van der Waals surface area contributed by atoms with E-state index in [9.17, 15) is 0 Å². The predicted octanol–water partition coefficient (Wildman–Crippen LogP) is 3.00. The SMILES string of the molecule is Clc1ccc(C2(CC3CCCNC3)COC2)cc1. The van der Waals surface area contributed by atoms with Gasteiger partial charge in [-0.2, -0.15) is 0 Å². The molecular formula is C15H20ClNO. The van der Waals surface area contributed by atoms with Crippen molar-refractivity contribution in [1.82, 2.24) is 5.32 Å². The van der Waals surface area contributed by atoms with Gasteiger partial charge in [0.25, 0.3) is 0 Å². The molecule has 2 nitrogen and oxygen atoms in total. The average molecular weight is 266 g/mol. The van der Waals surface area contributed by atoms with Gasteiger partial charge in [-0.1, -0.05) is 23.7 Å². The lowest BCUT2D eigenvalue weighted by atomic mass is 9.71. The van der Waals surface area contributed by atoms with E-state index in [0.29, 0.717) is 0 Å². The van der Waals surface area contributed by atoms with Crippen LogP contribution < -0.4 is 5.32 Å². The van der Waals surface area contributed by atoms with E-state index in [1.54, 1.807) is 0 Å². The summed E-state index contributed by atoms with van der Waals surface area (Å²) in [5.74, 6) is 0.790. The van der Waals surface area contributed by atoms with Gasteiger partial charge in [0.05, 0.1) is 13.2 Å². The van der Waals surface area contributed by atoms with E-state index in [2.05, 4.69) is 17.4 Å². The smallest absolute Gasteiger partial charge is 0.0585 e. The van der Waals surface area contributed by atoms with Crippen molar-refractivity contribution in [1.29, 1.82) is 0 Å². The number of halogens is 1. The summed E-state index contributed by atoms with van der Waals surface area (Å²) in [5, 5.41) is 4.32. The van der Waals surface area contributed by atoms with Crippen molar-refractivity contribution >= 4 is 11.6 Å². The molecule has 0 bridgehead atoms. The largest absolute Gasteiger partial charge is 0.379 e. The molecule has 2 heterocycles. The Kier molecular flexibility index (Phi) is 3.60. The molecule has 0 amide bonds. The quantitative estimate of drug-likeness (QED) is 0.907. The zero-order valence-electron chi connectivity index (χ0n) is 10.6. The normalized spacial score (nSPS) is 26.6. The Morgan fingerprint density at radius 3 is 2.61 bits per heavy atom. The molecule has 0 saturated carbocycles. The molecule has 2 aliphatic rings. The molecular weight excluding hydrogens is 246 g/mol. The minimum Gasteiger partial charge on any atom is -0.379 e.